The molecule has 110 valence electrons. The zero-order valence-electron chi connectivity index (χ0n) is 12.5. The van der Waals surface area contributed by atoms with Crippen molar-refractivity contribution in [3.05, 3.63) is 35.9 Å². The van der Waals surface area contributed by atoms with Crippen LogP contribution in [0.5, 0.6) is 0 Å². The second-order valence-electron chi connectivity index (χ2n) is 5.56. The van der Waals surface area contributed by atoms with Crippen molar-refractivity contribution in [2.45, 2.75) is 39.7 Å². The standard InChI is InChI=1S/C16H23NO3/c1-10(2)14(13-8-6-5-7-9-13)15(18)17-12(4)11(3)16(19)20/h5-12,14H,1-4H3,(H,17,18)(H,19,20). The number of carbonyl (C=O) groups is 2. The smallest absolute Gasteiger partial charge is 0.308 e. The molecule has 0 spiro atoms. The fourth-order valence-electron chi connectivity index (χ4n) is 2.15. The Morgan fingerprint density at radius 3 is 2.05 bits per heavy atom. The number of hydrogen-bond acceptors (Lipinski definition) is 2. The predicted molar refractivity (Wildman–Crippen MR) is 78.4 cm³/mol. The lowest BCUT2D eigenvalue weighted by Crippen LogP contribution is -2.43. The maximum atomic E-state index is 12.4. The van der Waals surface area contributed by atoms with E-state index in [1.54, 1.807) is 13.8 Å². The van der Waals surface area contributed by atoms with E-state index in [0.29, 0.717) is 0 Å². The number of carbonyl (C=O) groups excluding carboxylic acids is 1. The third kappa shape index (κ3) is 4.08. The third-order valence-corrected chi connectivity index (χ3v) is 3.62. The number of amides is 1. The average Bonchev–Trinajstić information content (AvgIpc) is 2.38. The highest BCUT2D eigenvalue weighted by molar-refractivity contribution is 5.84. The molecule has 0 bridgehead atoms. The normalized spacial score (nSPS) is 15.4. The van der Waals surface area contributed by atoms with Crippen molar-refractivity contribution in [2.24, 2.45) is 11.8 Å². The van der Waals surface area contributed by atoms with E-state index in [-0.39, 0.29) is 17.7 Å². The van der Waals surface area contributed by atoms with Crippen molar-refractivity contribution in [2.75, 3.05) is 0 Å². The molecule has 2 N–H and O–H groups in total. The first-order chi connectivity index (χ1) is 9.34. The van der Waals surface area contributed by atoms with Crippen LogP contribution in [0.3, 0.4) is 0 Å². The molecule has 1 amide bonds. The molecule has 0 aliphatic rings. The van der Waals surface area contributed by atoms with Gasteiger partial charge in [-0.25, -0.2) is 0 Å². The molecule has 20 heavy (non-hydrogen) atoms. The maximum Gasteiger partial charge on any atom is 0.308 e. The second kappa shape index (κ2) is 7.08. The monoisotopic (exact) mass is 277 g/mol. The minimum absolute atomic E-state index is 0.119. The van der Waals surface area contributed by atoms with Crippen molar-refractivity contribution < 1.29 is 14.7 Å². The Morgan fingerprint density at radius 2 is 1.60 bits per heavy atom. The molecular weight excluding hydrogens is 254 g/mol. The molecule has 0 aliphatic heterocycles. The Balaban J connectivity index is 2.84. The van der Waals surface area contributed by atoms with E-state index < -0.39 is 17.9 Å². The Labute approximate surface area is 120 Å². The van der Waals surface area contributed by atoms with Crippen LogP contribution < -0.4 is 5.32 Å². The van der Waals surface area contributed by atoms with E-state index in [1.165, 1.54) is 0 Å². The van der Waals surface area contributed by atoms with E-state index in [9.17, 15) is 9.59 Å². The molecule has 3 unspecified atom stereocenters. The van der Waals surface area contributed by atoms with Gasteiger partial charge in [-0.15, -0.1) is 0 Å². The second-order valence-corrected chi connectivity index (χ2v) is 5.56. The van der Waals surface area contributed by atoms with Crippen LogP contribution in [0.2, 0.25) is 0 Å². The first-order valence-corrected chi connectivity index (χ1v) is 6.92. The van der Waals surface area contributed by atoms with Gasteiger partial charge in [0, 0.05) is 6.04 Å². The summed E-state index contributed by atoms with van der Waals surface area (Å²) in [7, 11) is 0. The van der Waals surface area contributed by atoms with Gasteiger partial charge >= 0.3 is 5.97 Å². The first-order valence-electron chi connectivity index (χ1n) is 6.92. The Bertz CT molecular complexity index is 456. The van der Waals surface area contributed by atoms with E-state index in [0.717, 1.165) is 5.56 Å². The molecule has 4 heteroatoms. The molecule has 3 atom stereocenters. The van der Waals surface area contributed by atoms with Gasteiger partial charge in [-0.2, -0.15) is 0 Å². The summed E-state index contributed by atoms with van der Waals surface area (Å²) in [6.45, 7) is 7.30. The zero-order valence-corrected chi connectivity index (χ0v) is 12.5. The Hall–Kier alpha value is -1.84. The quantitative estimate of drug-likeness (QED) is 0.840. The number of benzene rings is 1. The van der Waals surface area contributed by atoms with Crippen LogP contribution in [0, 0.1) is 11.8 Å². The largest absolute Gasteiger partial charge is 0.481 e. The maximum absolute atomic E-state index is 12.4. The van der Waals surface area contributed by atoms with Crippen LogP contribution >= 0.6 is 0 Å². The summed E-state index contributed by atoms with van der Waals surface area (Å²) in [4.78, 5) is 23.4. The van der Waals surface area contributed by atoms with Gasteiger partial charge in [0.25, 0.3) is 0 Å². The van der Waals surface area contributed by atoms with Crippen LogP contribution in [0.4, 0.5) is 0 Å². The van der Waals surface area contributed by atoms with Gasteiger partial charge in [-0.05, 0) is 25.3 Å². The van der Waals surface area contributed by atoms with Gasteiger partial charge in [0.2, 0.25) is 5.91 Å². The van der Waals surface area contributed by atoms with Crippen molar-refractivity contribution in [1.82, 2.24) is 5.32 Å². The van der Waals surface area contributed by atoms with Gasteiger partial charge in [-0.1, -0.05) is 44.2 Å². The van der Waals surface area contributed by atoms with Crippen molar-refractivity contribution in [3.63, 3.8) is 0 Å². The van der Waals surface area contributed by atoms with E-state index in [1.807, 2.05) is 44.2 Å². The summed E-state index contributed by atoms with van der Waals surface area (Å²) in [5.74, 6) is -1.75. The number of rotatable bonds is 6. The van der Waals surface area contributed by atoms with Gasteiger partial charge < -0.3 is 10.4 Å². The first kappa shape index (κ1) is 16.2. The van der Waals surface area contributed by atoms with E-state index in [4.69, 9.17) is 5.11 Å². The number of carboxylic acids is 1. The molecule has 1 rings (SSSR count). The number of nitrogens with one attached hydrogen (secondary N) is 1. The van der Waals surface area contributed by atoms with Gasteiger partial charge in [0.1, 0.15) is 0 Å². The molecule has 0 aromatic heterocycles. The van der Waals surface area contributed by atoms with E-state index >= 15 is 0 Å². The topological polar surface area (TPSA) is 66.4 Å². The lowest BCUT2D eigenvalue weighted by Gasteiger charge is -2.25. The molecule has 1 aromatic rings. The van der Waals surface area contributed by atoms with Gasteiger partial charge in [0.15, 0.2) is 0 Å². The summed E-state index contributed by atoms with van der Waals surface area (Å²) in [5.41, 5.74) is 0.954. The molecule has 0 saturated heterocycles. The van der Waals surface area contributed by atoms with Gasteiger partial charge in [0.05, 0.1) is 11.8 Å². The molecular formula is C16H23NO3. The Morgan fingerprint density at radius 1 is 1.05 bits per heavy atom. The Kier molecular flexibility index (Phi) is 5.74. The summed E-state index contributed by atoms with van der Waals surface area (Å²) in [6, 6.07) is 9.17. The summed E-state index contributed by atoms with van der Waals surface area (Å²) in [6.07, 6.45) is 0. The summed E-state index contributed by atoms with van der Waals surface area (Å²) >= 11 is 0. The highest BCUT2D eigenvalue weighted by Gasteiger charge is 2.28. The third-order valence-electron chi connectivity index (χ3n) is 3.62. The minimum atomic E-state index is -0.904. The van der Waals surface area contributed by atoms with Crippen molar-refractivity contribution in [3.8, 4) is 0 Å². The highest BCUT2D eigenvalue weighted by atomic mass is 16.4. The minimum Gasteiger partial charge on any atom is -0.481 e. The van der Waals surface area contributed by atoms with Crippen LogP contribution in [0.25, 0.3) is 0 Å². The molecule has 0 radical (unpaired) electrons. The molecule has 4 nitrogen and oxygen atoms in total. The molecule has 0 saturated carbocycles. The summed E-state index contributed by atoms with van der Waals surface area (Å²) in [5, 5.41) is 11.8. The average molecular weight is 277 g/mol. The molecule has 0 heterocycles. The van der Waals surface area contributed by atoms with Crippen molar-refractivity contribution in [1.29, 1.82) is 0 Å². The molecule has 0 fully saturated rings. The lowest BCUT2D eigenvalue weighted by molar-refractivity contribution is -0.142. The van der Waals surface area contributed by atoms with Crippen LogP contribution in [-0.4, -0.2) is 23.0 Å². The van der Waals surface area contributed by atoms with E-state index in [2.05, 4.69) is 5.32 Å². The SMILES string of the molecule is CC(C)C(C(=O)NC(C)C(C)C(=O)O)c1ccccc1. The van der Waals surface area contributed by atoms with Gasteiger partial charge in [-0.3, -0.25) is 9.59 Å². The predicted octanol–water partition coefficient (Wildman–Crippen LogP) is 2.65. The highest BCUT2D eigenvalue weighted by Crippen LogP contribution is 2.24. The zero-order chi connectivity index (χ0) is 15.3. The van der Waals surface area contributed by atoms with Crippen LogP contribution in [0.1, 0.15) is 39.2 Å². The lowest BCUT2D eigenvalue weighted by atomic mass is 9.87. The fourth-order valence-corrected chi connectivity index (χ4v) is 2.15. The van der Waals surface area contributed by atoms with Crippen molar-refractivity contribution >= 4 is 11.9 Å². The summed E-state index contributed by atoms with van der Waals surface area (Å²) < 4.78 is 0. The number of carboxylic acid groups (broad SMARTS) is 1. The number of aliphatic carboxylic acids is 1. The van der Waals surface area contributed by atoms with Crippen LogP contribution in [0.15, 0.2) is 30.3 Å². The number of hydrogen-bond donors (Lipinski definition) is 2. The van der Waals surface area contributed by atoms with Crippen LogP contribution in [-0.2, 0) is 9.59 Å². The fraction of sp³-hybridized carbons (Fsp3) is 0.500. The molecule has 0 aliphatic carbocycles. The molecule has 1 aromatic carbocycles.